The van der Waals surface area contributed by atoms with E-state index in [0.717, 1.165) is 44.7 Å². The summed E-state index contributed by atoms with van der Waals surface area (Å²) in [6, 6.07) is 10.4. The number of nitrogens with one attached hydrogen (secondary N) is 2. The molecule has 0 amide bonds. The topological polar surface area (TPSA) is 95.5 Å². The molecule has 1 aromatic heterocycles. The van der Waals surface area contributed by atoms with Crippen LogP contribution in [0.25, 0.3) is 6.08 Å². The molecule has 2 N–H and O–H groups in total. The van der Waals surface area contributed by atoms with Crippen LogP contribution in [0.3, 0.4) is 0 Å². The van der Waals surface area contributed by atoms with E-state index in [9.17, 15) is 4.79 Å². The molecule has 1 saturated heterocycles. The summed E-state index contributed by atoms with van der Waals surface area (Å²) in [6.07, 6.45) is 5.94. The second kappa shape index (κ2) is 8.83. The lowest BCUT2D eigenvalue weighted by Gasteiger charge is -2.31. The average molecular weight is 392 g/mol. The van der Waals surface area contributed by atoms with Gasteiger partial charge in [-0.2, -0.15) is 5.10 Å². The standard InChI is InChI=1S/C21H24N6O2/c1-15-20(28)23-21(26-24-15)25-22-14-18-8-7-17(13-16-5-3-2-4-6-16)19(18)27-9-11-29-12-10-27/h2-6,13-14H,7-12H2,1H3,(H2,23,25,26,28)/b17-13-,22-14+. The average Bonchev–Trinajstić information content (AvgIpc) is 3.14. The number of anilines is 1. The predicted octanol–water partition coefficient (Wildman–Crippen LogP) is 2.33. The number of hydrazone groups is 1. The lowest BCUT2D eigenvalue weighted by atomic mass is 10.1. The molecule has 2 aliphatic rings. The molecule has 1 aliphatic carbocycles. The van der Waals surface area contributed by atoms with E-state index in [2.05, 4.69) is 60.9 Å². The van der Waals surface area contributed by atoms with Gasteiger partial charge in [0.25, 0.3) is 5.56 Å². The summed E-state index contributed by atoms with van der Waals surface area (Å²) in [5, 5.41) is 12.0. The highest BCUT2D eigenvalue weighted by molar-refractivity contribution is 5.84. The van der Waals surface area contributed by atoms with Gasteiger partial charge in [-0.15, -0.1) is 10.2 Å². The van der Waals surface area contributed by atoms with Crippen LogP contribution in [0.1, 0.15) is 24.1 Å². The highest BCUT2D eigenvalue weighted by Gasteiger charge is 2.25. The van der Waals surface area contributed by atoms with E-state index in [1.807, 2.05) is 12.3 Å². The molecule has 2 heterocycles. The molecule has 150 valence electrons. The first-order valence-corrected chi connectivity index (χ1v) is 9.75. The van der Waals surface area contributed by atoms with Crippen molar-refractivity contribution in [1.29, 1.82) is 0 Å². The fraction of sp³-hybridized carbons (Fsp3) is 0.333. The number of hydrogen-bond acceptors (Lipinski definition) is 7. The van der Waals surface area contributed by atoms with Gasteiger partial charge >= 0.3 is 0 Å². The molecular formula is C21H24N6O2. The van der Waals surface area contributed by atoms with Gasteiger partial charge in [-0.3, -0.25) is 9.78 Å². The number of hydrogen-bond donors (Lipinski definition) is 2. The smallest absolute Gasteiger partial charge is 0.274 e. The molecule has 0 radical (unpaired) electrons. The Balaban J connectivity index is 1.60. The summed E-state index contributed by atoms with van der Waals surface area (Å²) in [6.45, 7) is 4.79. The molecule has 4 rings (SSSR count). The van der Waals surface area contributed by atoms with Crippen LogP contribution in [0, 0.1) is 6.92 Å². The van der Waals surface area contributed by atoms with Crippen LogP contribution in [0.2, 0.25) is 0 Å². The number of benzene rings is 1. The summed E-state index contributed by atoms with van der Waals surface area (Å²) in [5.41, 5.74) is 7.70. The van der Waals surface area contributed by atoms with Crippen LogP contribution < -0.4 is 11.0 Å². The van der Waals surface area contributed by atoms with Crippen molar-refractivity contribution in [3.63, 3.8) is 0 Å². The molecule has 0 bridgehead atoms. The van der Waals surface area contributed by atoms with E-state index < -0.39 is 0 Å². The first-order chi connectivity index (χ1) is 14.2. The van der Waals surface area contributed by atoms with Gasteiger partial charge in [-0.1, -0.05) is 30.3 Å². The zero-order valence-corrected chi connectivity index (χ0v) is 16.4. The number of allylic oxidation sites excluding steroid dienone is 2. The minimum atomic E-state index is -0.278. The molecule has 0 spiro atoms. The van der Waals surface area contributed by atoms with Crippen LogP contribution in [0.5, 0.6) is 0 Å². The second-order valence-electron chi connectivity index (χ2n) is 7.01. The first kappa shape index (κ1) is 19.1. The van der Waals surface area contributed by atoms with Crippen molar-refractivity contribution in [3.05, 3.63) is 68.8 Å². The molecule has 29 heavy (non-hydrogen) atoms. The number of ether oxygens (including phenoxy) is 1. The Morgan fingerprint density at radius 2 is 1.97 bits per heavy atom. The Morgan fingerprint density at radius 1 is 1.17 bits per heavy atom. The van der Waals surface area contributed by atoms with Gasteiger partial charge < -0.3 is 9.64 Å². The third-order valence-corrected chi connectivity index (χ3v) is 4.99. The van der Waals surface area contributed by atoms with E-state index >= 15 is 0 Å². The largest absolute Gasteiger partial charge is 0.378 e. The van der Waals surface area contributed by atoms with Gasteiger partial charge in [0.2, 0.25) is 5.95 Å². The summed E-state index contributed by atoms with van der Waals surface area (Å²) < 4.78 is 5.53. The number of aromatic nitrogens is 3. The van der Waals surface area contributed by atoms with Gasteiger partial charge in [0.1, 0.15) is 5.69 Å². The van der Waals surface area contributed by atoms with Crippen LogP contribution in [-0.2, 0) is 4.74 Å². The van der Waals surface area contributed by atoms with Crippen molar-refractivity contribution in [2.75, 3.05) is 31.7 Å². The third-order valence-electron chi connectivity index (χ3n) is 4.99. The van der Waals surface area contributed by atoms with E-state index in [1.165, 1.54) is 16.8 Å². The van der Waals surface area contributed by atoms with Crippen molar-refractivity contribution < 1.29 is 4.74 Å². The number of nitrogens with zero attached hydrogens (tertiary/aromatic N) is 4. The Bertz CT molecular complexity index is 1000. The van der Waals surface area contributed by atoms with Crippen molar-refractivity contribution in [1.82, 2.24) is 20.1 Å². The second-order valence-corrected chi connectivity index (χ2v) is 7.01. The van der Waals surface area contributed by atoms with Crippen molar-refractivity contribution in [3.8, 4) is 0 Å². The molecule has 2 aromatic rings. The molecule has 0 atom stereocenters. The maximum absolute atomic E-state index is 11.6. The van der Waals surface area contributed by atoms with Crippen molar-refractivity contribution >= 4 is 18.2 Å². The zero-order chi connectivity index (χ0) is 20.1. The summed E-state index contributed by atoms with van der Waals surface area (Å²) in [4.78, 5) is 16.6. The lowest BCUT2D eigenvalue weighted by Crippen LogP contribution is -2.36. The monoisotopic (exact) mass is 392 g/mol. The first-order valence-electron chi connectivity index (χ1n) is 9.75. The highest BCUT2D eigenvalue weighted by atomic mass is 16.5. The number of aryl methyl sites for hydroxylation is 1. The fourth-order valence-electron chi connectivity index (χ4n) is 3.54. The van der Waals surface area contributed by atoms with Crippen LogP contribution >= 0.6 is 0 Å². The maximum atomic E-state index is 11.6. The summed E-state index contributed by atoms with van der Waals surface area (Å²) in [5.74, 6) is 0.225. The Labute approximate surface area is 169 Å². The normalized spacial score (nSPS) is 18.8. The number of H-pyrrole nitrogens is 1. The number of morpholine rings is 1. The van der Waals surface area contributed by atoms with E-state index in [4.69, 9.17) is 4.74 Å². The van der Waals surface area contributed by atoms with Gasteiger partial charge in [-0.05, 0) is 42.6 Å². The van der Waals surface area contributed by atoms with E-state index in [-0.39, 0.29) is 11.5 Å². The van der Waals surface area contributed by atoms with Crippen LogP contribution in [0.15, 0.2) is 57.1 Å². The summed E-state index contributed by atoms with van der Waals surface area (Å²) >= 11 is 0. The van der Waals surface area contributed by atoms with E-state index in [0.29, 0.717) is 5.69 Å². The fourth-order valence-corrected chi connectivity index (χ4v) is 3.54. The van der Waals surface area contributed by atoms with Gasteiger partial charge in [0.15, 0.2) is 0 Å². The molecule has 8 heteroatoms. The van der Waals surface area contributed by atoms with Crippen LogP contribution in [0.4, 0.5) is 5.95 Å². The lowest BCUT2D eigenvalue weighted by molar-refractivity contribution is 0.0548. The van der Waals surface area contributed by atoms with Crippen LogP contribution in [-0.4, -0.2) is 52.6 Å². The maximum Gasteiger partial charge on any atom is 0.274 e. The molecule has 1 aromatic carbocycles. The minimum Gasteiger partial charge on any atom is -0.378 e. The molecule has 8 nitrogen and oxygen atoms in total. The van der Waals surface area contributed by atoms with Crippen molar-refractivity contribution in [2.45, 2.75) is 19.8 Å². The predicted molar refractivity (Wildman–Crippen MR) is 113 cm³/mol. The van der Waals surface area contributed by atoms with Crippen molar-refractivity contribution in [2.24, 2.45) is 5.10 Å². The van der Waals surface area contributed by atoms with Gasteiger partial charge in [-0.25, -0.2) is 5.43 Å². The quantitative estimate of drug-likeness (QED) is 0.599. The Morgan fingerprint density at radius 3 is 2.72 bits per heavy atom. The molecule has 1 aliphatic heterocycles. The Hall–Kier alpha value is -3.26. The third kappa shape index (κ3) is 4.60. The van der Waals surface area contributed by atoms with E-state index in [1.54, 1.807) is 6.92 Å². The molecule has 0 unspecified atom stereocenters. The molecular weight excluding hydrogens is 368 g/mol. The van der Waals surface area contributed by atoms with Gasteiger partial charge in [0, 0.05) is 18.8 Å². The minimum absolute atomic E-state index is 0.225. The Kier molecular flexibility index (Phi) is 5.81. The highest BCUT2D eigenvalue weighted by Crippen LogP contribution is 2.34. The number of rotatable bonds is 5. The molecule has 1 fully saturated rings. The summed E-state index contributed by atoms with van der Waals surface area (Å²) in [7, 11) is 0. The number of aromatic amines is 1. The van der Waals surface area contributed by atoms with Gasteiger partial charge in [0.05, 0.1) is 19.4 Å². The molecule has 0 saturated carbocycles. The zero-order valence-electron chi connectivity index (χ0n) is 16.4. The SMILES string of the molecule is Cc1nnc(N/N=C/C2=C(N3CCOCC3)C(=C\c3ccccc3)/CC2)[nH]c1=O.